The molecule has 0 radical (unpaired) electrons. The Balaban J connectivity index is 1.78. The molecule has 4 rings (SSSR count). The number of nitrogens with zero attached hydrogens (tertiary/aromatic N) is 3. The van der Waals surface area contributed by atoms with Crippen molar-refractivity contribution in [3.8, 4) is 11.3 Å². The maximum absolute atomic E-state index is 13.2. The van der Waals surface area contributed by atoms with Gasteiger partial charge in [0.25, 0.3) is 5.91 Å². The summed E-state index contributed by atoms with van der Waals surface area (Å²) in [6, 6.07) is 13.0. The first-order valence-electron chi connectivity index (χ1n) is 8.64. The summed E-state index contributed by atoms with van der Waals surface area (Å²) in [6.07, 6.45) is 2.59. The number of hydrogen-bond donors (Lipinski definition) is 1. The van der Waals surface area contributed by atoms with Gasteiger partial charge in [0, 0.05) is 29.9 Å². The van der Waals surface area contributed by atoms with Gasteiger partial charge in [0.2, 0.25) is 5.91 Å². The van der Waals surface area contributed by atoms with Gasteiger partial charge in [-0.3, -0.25) is 14.6 Å². The lowest BCUT2D eigenvalue weighted by atomic mass is 10.0. The zero-order valence-electron chi connectivity index (χ0n) is 14.5. The molecule has 1 saturated heterocycles. The highest BCUT2D eigenvalue weighted by atomic mass is 16.5. The van der Waals surface area contributed by atoms with Crippen LogP contribution in [0.2, 0.25) is 0 Å². The second-order valence-electron chi connectivity index (χ2n) is 6.32. The minimum atomic E-state index is -0.782. The van der Waals surface area contributed by atoms with E-state index < -0.39 is 12.0 Å². The van der Waals surface area contributed by atoms with Crippen molar-refractivity contribution in [2.24, 2.45) is 5.73 Å². The molecule has 1 aliphatic heterocycles. The fraction of sp³-hybridized carbons (Fsp3) is 0.200. The van der Waals surface area contributed by atoms with E-state index in [4.69, 9.17) is 10.5 Å². The number of rotatable bonds is 3. The van der Waals surface area contributed by atoms with Crippen molar-refractivity contribution in [1.82, 2.24) is 14.9 Å². The molecule has 1 aliphatic rings. The van der Waals surface area contributed by atoms with E-state index in [1.165, 1.54) is 0 Å². The van der Waals surface area contributed by atoms with Gasteiger partial charge < -0.3 is 15.4 Å². The molecule has 0 spiro atoms. The van der Waals surface area contributed by atoms with Crippen LogP contribution in [0.5, 0.6) is 0 Å². The van der Waals surface area contributed by atoms with Crippen LogP contribution in [0.4, 0.5) is 0 Å². The van der Waals surface area contributed by atoms with Crippen molar-refractivity contribution in [1.29, 1.82) is 0 Å². The largest absolute Gasteiger partial charge is 0.367 e. The van der Waals surface area contributed by atoms with Gasteiger partial charge in [-0.05, 0) is 24.3 Å². The number of ether oxygens (including phenoxy) is 1. The first-order valence-corrected chi connectivity index (χ1v) is 8.64. The highest BCUT2D eigenvalue weighted by Crippen LogP contribution is 2.26. The number of morpholine rings is 1. The van der Waals surface area contributed by atoms with Crippen LogP contribution in [-0.4, -0.2) is 52.5 Å². The van der Waals surface area contributed by atoms with Crippen LogP contribution >= 0.6 is 0 Å². The zero-order valence-corrected chi connectivity index (χ0v) is 14.5. The molecule has 0 saturated carbocycles. The van der Waals surface area contributed by atoms with E-state index in [0.717, 1.165) is 16.5 Å². The lowest BCUT2D eigenvalue weighted by molar-refractivity contribution is -0.133. The summed E-state index contributed by atoms with van der Waals surface area (Å²) in [5.41, 5.74) is 8.18. The first-order chi connectivity index (χ1) is 13.1. The van der Waals surface area contributed by atoms with E-state index in [1.54, 1.807) is 23.4 Å². The molecule has 1 aromatic carbocycles. The van der Waals surface area contributed by atoms with Crippen LogP contribution in [-0.2, 0) is 9.53 Å². The summed E-state index contributed by atoms with van der Waals surface area (Å²) in [4.78, 5) is 35.0. The topological polar surface area (TPSA) is 98.4 Å². The number of carbonyl (C=O) groups excluding carboxylic acids is 2. The molecule has 2 aromatic heterocycles. The second-order valence-corrected chi connectivity index (χ2v) is 6.32. The molecule has 2 N–H and O–H groups in total. The first kappa shape index (κ1) is 17.1. The molecule has 7 nitrogen and oxygen atoms in total. The van der Waals surface area contributed by atoms with Crippen LogP contribution in [0.3, 0.4) is 0 Å². The number of para-hydroxylation sites is 1. The molecule has 1 unspecified atom stereocenters. The highest BCUT2D eigenvalue weighted by Gasteiger charge is 2.29. The summed E-state index contributed by atoms with van der Waals surface area (Å²) in [5, 5.41) is 0.766. The molecule has 1 atom stereocenters. The fourth-order valence-corrected chi connectivity index (χ4v) is 3.20. The fourth-order valence-electron chi connectivity index (χ4n) is 3.20. The van der Waals surface area contributed by atoms with Crippen LogP contribution in [0.1, 0.15) is 10.4 Å². The van der Waals surface area contributed by atoms with Gasteiger partial charge in [-0.2, -0.15) is 0 Å². The van der Waals surface area contributed by atoms with Crippen LogP contribution < -0.4 is 5.73 Å². The molecular weight excluding hydrogens is 344 g/mol. The molecular formula is C20H18N4O3. The van der Waals surface area contributed by atoms with E-state index in [2.05, 4.69) is 9.97 Å². The second kappa shape index (κ2) is 7.13. The molecule has 3 heterocycles. The van der Waals surface area contributed by atoms with E-state index >= 15 is 0 Å². The highest BCUT2D eigenvalue weighted by molar-refractivity contribution is 6.07. The summed E-state index contributed by atoms with van der Waals surface area (Å²) >= 11 is 0. The van der Waals surface area contributed by atoms with Crippen molar-refractivity contribution in [3.05, 3.63) is 60.4 Å². The third-order valence-corrected chi connectivity index (χ3v) is 4.59. The normalized spacial score (nSPS) is 17.0. The molecule has 1 fully saturated rings. The van der Waals surface area contributed by atoms with Gasteiger partial charge in [-0.1, -0.05) is 18.2 Å². The number of primary amides is 1. The number of hydrogen-bond acceptors (Lipinski definition) is 5. The third-order valence-electron chi connectivity index (χ3n) is 4.59. The SMILES string of the molecule is NC(=O)C1CN(C(=O)c2cc(-c3ccncc3)nc3ccccc23)CCO1. The summed E-state index contributed by atoms with van der Waals surface area (Å²) in [6.45, 7) is 0.832. The van der Waals surface area contributed by atoms with E-state index in [9.17, 15) is 9.59 Å². The number of fused-ring (bicyclic) bond motifs is 1. The minimum absolute atomic E-state index is 0.148. The number of benzene rings is 1. The Morgan fingerprint density at radius 3 is 2.70 bits per heavy atom. The summed E-state index contributed by atoms with van der Waals surface area (Å²) in [7, 11) is 0. The Bertz CT molecular complexity index is 1010. The molecule has 27 heavy (non-hydrogen) atoms. The zero-order chi connectivity index (χ0) is 18.8. The molecule has 136 valence electrons. The van der Waals surface area contributed by atoms with E-state index in [-0.39, 0.29) is 19.1 Å². The number of amides is 2. The van der Waals surface area contributed by atoms with Crippen LogP contribution in [0.15, 0.2) is 54.9 Å². The van der Waals surface area contributed by atoms with E-state index in [1.807, 2.05) is 36.4 Å². The Morgan fingerprint density at radius 2 is 1.93 bits per heavy atom. The number of carbonyl (C=O) groups is 2. The predicted octanol–water partition coefficient (Wildman–Crippen LogP) is 1.62. The maximum atomic E-state index is 13.2. The minimum Gasteiger partial charge on any atom is -0.367 e. The van der Waals surface area contributed by atoms with Gasteiger partial charge >= 0.3 is 0 Å². The van der Waals surface area contributed by atoms with Crippen molar-refractivity contribution < 1.29 is 14.3 Å². The smallest absolute Gasteiger partial charge is 0.254 e. The molecule has 0 aliphatic carbocycles. The average Bonchev–Trinajstić information content (AvgIpc) is 2.73. The molecule has 0 bridgehead atoms. The third kappa shape index (κ3) is 3.37. The molecule has 2 amide bonds. The Kier molecular flexibility index (Phi) is 4.52. The van der Waals surface area contributed by atoms with Gasteiger partial charge in [-0.25, -0.2) is 4.98 Å². The Morgan fingerprint density at radius 1 is 1.15 bits per heavy atom. The Hall–Kier alpha value is -3.32. The molecule has 7 heteroatoms. The summed E-state index contributed by atoms with van der Waals surface area (Å²) < 4.78 is 5.35. The van der Waals surface area contributed by atoms with Gasteiger partial charge in [0.05, 0.1) is 29.9 Å². The Labute approximate surface area is 155 Å². The number of nitrogens with two attached hydrogens (primary N) is 1. The van der Waals surface area contributed by atoms with Crippen molar-refractivity contribution in [2.45, 2.75) is 6.10 Å². The van der Waals surface area contributed by atoms with Crippen molar-refractivity contribution >= 4 is 22.7 Å². The van der Waals surface area contributed by atoms with Gasteiger partial charge in [-0.15, -0.1) is 0 Å². The number of pyridine rings is 2. The lowest BCUT2D eigenvalue weighted by Crippen LogP contribution is -2.50. The van der Waals surface area contributed by atoms with E-state index in [0.29, 0.717) is 17.8 Å². The van der Waals surface area contributed by atoms with Crippen LogP contribution in [0, 0.1) is 0 Å². The lowest BCUT2D eigenvalue weighted by Gasteiger charge is -2.31. The quantitative estimate of drug-likeness (QED) is 0.763. The van der Waals surface area contributed by atoms with Crippen LogP contribution in [0.25, 0.3) is 22.2 Å². The maximum Gasteiger partial charge on any atom is 0.254 e. The standard InChI is InChI=1S/C20H18N4O3/c21-19(25)18-12-24(9-10-27-18)20(26)15-11-17(13-5-7-22-8-6-13)23-16-4-2-1-3-14(15)16/h1-8,11,18H,9-10,12H2,(H2,21,25). The van der Waals surface area contributed by atoms with Gasteiger partial charge in [0.15, 0.2) is 6.10 Å². The number of aromatic nitrogens is 2. The van der Waals surface area contributed by atoms with Crippen molar-refractivity contribution in [2.75, 3.05) is 19.7 Å². The molecule has 3 aromatic rings. The summed E-state index contributed by atoms with van der Waals surface area (Å²) in [5.74, 6) is -0.733. The average molecular weight is 362 g/mol. The predicted molar refractivity (Wildman–Crippen MR) is 99.8 cm³/mol. The monoisotopic (exact) mass is 362 g/mol. The van der Waals surface area contributed by atoms with Gasteiger partial charge in [0.1, 0.15) is 0 Å². The van der Waals surface area contributed by atoms with Crippen molar-refractivity contribution in [3.63, 3.8) is 0 Å².